The van der Waals surface area contributed by atoms with Gasteiger partial charge in [0.2, 0.25) is 5.69 Å². The van der Waals surface area contributed by atoms with Gasteiger partial charge in [-0.3, -0.25) is 4.79 Å². The molecule has 1 amide bonds. The average molecular weight is 414 g/mol. The predicted molar refractivity (Wildman–Crippen MR) is 103 cm³/mol. The highest BCUT2D eigenvalue weighted by atomic mass is 35.5. The van der Waals surface area contributed by atoms with Crippen LogP contribution >= 0.6 is 23.2 Å². The predicted octanol–water partition coefficient (Wildman–Crippen LogP) is 2.70. The SMILES string of the molecule is O=C(Nc1ccc(Cl)cn1)c1c([O-])[n+](Cc2ccc(Cl)nc2)c2ccccn12. The van der Waals surface area contributed by atoms with Crippen LogP contribution < -0.4 is 15.0 Å². The summed E-state index contributed by atoms with van der Waals surface area (Å²) in [6.07, 6.45) is 4.68. The number of nitrogens with one attached hydrogen (secondary N) is 1. The molecule has 0 aromatic carbocycles. The van der Waals surface area contributed by atoms with E-state index in [1.165, 1.54) is 10.8 Å². The summed E-state index contributed by atoms with van der Waals surface area (Å²) in [5, 5.41) is 16.5. The minimum Gasteiger partial charge on any atom is -0.839 e. The second-order valence-electron chi connectivity index (χ2n) is 5.97. The number of fused-ring (bicyclic) bond motifs is 1. The van der Waals surface area contributed by atoms with Crippen LogP contribution in [0.2, 0.25) is 10.2 Å². The Labute approximate surface area is 169 Å². The molecular weight excluding hydrogens is 401 g/mol. The van der Waals surface area contributed by atoms with E-state index in [9.17, 15) is 9.90 Å². The average Bonchev–Trinajstić information content (AvgIpc) is 2.97. The number of amides is 1. The van der Waals surface area contributed by atoms with Crippen LogP contribution in [0.4, 0.5) is 5.82 Å². The lowest BCUT2D eigenvalue weighted by Gasteiger charge is -2.07. The molecule has 0 saturated carbocycles. The van der Waals surface area contributed by atoms with Gasteiger partial charge in [-0.2, -0.15) is 4.40 Å². The third-order valence-electron chi connectivity index (χ3n) is 4.12. The number of carbonyl (C=O) groups excluding carboxylic acids is 1. The van der Waals surface area contributed by atoms with Gasteiger partial charge in [0.25, 0.3) is 11.6 Å². The maximum absolute atomic E-state index is 13.0. The van der Waals surface area contributed by atoms with Crippen LogP contribution in [0, 0.1) is 0 Å². The number of hydrogen-bond acceptors (Lipinski definition) is 4. The molecule has 140 valence electrons. The zero-order chi connectivity index (χ0) is 19.7. The summed E-state index contributed by atoms with van der Waals surface area (Å²) in [7, 11) is 0. The van der Waals surface area contributed by atoms with Crippen molar-refractivity contribution in [3.8, 4) is 5.88 Å². The molecule has 0 bridgehead atoms. The van der Waals surface area contributed by atoms with E-state index in [-0.39, 0.29) is 12.2 Å². The molecule has 9 heteroatoms. The molecule has 4 aromatic heterocycles. The van der Waals surface area contributed by atoms with Gasteiger partial charge in [0.15, 0.2) is 0 Å². The molecule has 7 nitrogen and oxygen atoms in total. The van der Waals surface area contributed by atoms with Gasteiger partial charge in [-0.25, -0.2) is 14.5 Å². The van der Waals surface area contributed by atoms with Gasteiger partial charge in [0, 0.05) is 24.0 Å². The lowest BCUT2D eigenvalue weighted by atomic mass is 10.3. The molecule has 4 heterocycles. The Balaban J connectivity index is 1.74. The standard InChI is InChI=1S/C19H13Cl2N5O2/c20-13-5-7-15(23-10-13)24-18(27)17-19(28)26(16-3-1-2-8-25(16)17)11-12-4-6-14(21)22-9-12/h1-10H,11H2,(H-,23,24,27,28). The first-order valence-electron chi connectivity index (χ1n) is 8.26. The van der Waals surface area contributed by atoms with Gasteiger partial charge in [-0.1, -0.05) is 35.3 Å². The van der Waals surface area contributed by atoms with Crippen molar-refractivity contribution in [2.45, 2.75) is 6.54 Å². The van der Waals surface area contributed by atoms with Crippen molar-refractivity contribution >= 4 is 40.6 Å². The maximum Gasteiger partial charge on any atom is 0.300 e. The van der Waals surface area contributed by atoms with Crippen molar-refractivity contribution in [1.29, 1.82) is 0 Å². The van der Waals surface area contributed by atoms with Crippen LogP contribution in [0.3, 0.4) is 0 Å². The molecule has 0 radical (unpaired) electrons. The summed E-state index contributed by atoms with van der Waals surface area (Å²) in [6.45, 7) is 0.253. The van der Waals surface area contributed by atoms with Crippen LogP contribution in [0.5, 0.6) is 5.88 Å². The Kier molecular flexibility index (Phi) is 4.85. The number of nitrogens with zero attached hydrogens (tertiary/aromatic N) is 4. The number of hydrogen-bond donors (Lipinski definition) is 1. The van der Waals surface area contributed by atoms with E-state index in [0.717, 1.165) is 5.56 Å². The molecule has 0 saturated heterocycles. The molecule has 4 aromatic rings. The quantitative estimate of drug-likeness (QED) is 0.411. The monoisotopic (exact) mass is 413 g/mol. The molecule has 28 heavy (non-hydrogen) atoms. The second kappa shape index (κ2) is 7.46. The summed E-state index contributed by atoms with van der Waals surface area (Å²) < 4.78 is 3.06. The molecule has 0 aliphatic carbocycles. The lowest BCUT2D eigenvalue weighted by Crippen LogP contribution is -2.37. The van der Waals surface area contributed by atoms with Gasteiger partial charge in [0.1, 0.15) is 23.4 Å². The van der Waals surface area contributed by atoms with Crippen molar-refractivity contribution < 1.29 is 14.5 Å². The van der Waals surface area contributed by atoms with Gasteiger partial charge in [-0.05, 0) is 24.3 Å². The van der Waals surface area contributed by atoms with E-state index >= 15 is 0 Å². The van der Waals surface area contributed by atoms with Gasteiger partial charge < -0.3 is 10.4 Å². The molecule has 0 aliphatic heterocycles. The fraction of sp³-hybridized carbons (Fsp3) is 0.0526. The Morgan fingerprint density at radius 1 is 1.11 bits per heavy atom. The topological polar surface area (TPSA) is 86.2 Å². The van der Waals surface area contributed by atoms with Crippen molar-refractivity contribution in [3.63, 3.8) is 0 Å². The summed E-state index contributed by atoms with van der Waals surface area (Å²) >= 11 is 11.6. The van der Waals surface area contributed by atoms with Crippen LogP contribution in [0.15, 0.2) is 61.1 Å². The highest BCUT2D eigenvalue weighted by Gasteiger charge is 2.25. The fourth-order valence-electron chi connectivity index (χ4n) is 2.85. The molecule has 0 unspecified atom stereocenters. The summed E-state index contributed by atoms with van der Waals surface area (Å²) in [6, 6.07) is 11.9. The van der Waals surface area contributed by atoms with E-state index in [0.29, 0.717) is 21.6 Å². The van der Waals surface area contributed by atoms with E-state index in [4.69, 9.17) is 23.2 Å². The van der Waals surface area contributed by atoms with Crippen molar-refractivity contribution in [1.82, 2.24) is 14.4 Å². The van der Waals surface area contributed by atoms with Gasteiger partial charge >= 0.3 is 0 Å². The van der Waals surface area contributed by atoms with Gasteiger partial charge in [0.05, 0.1) is 11.2 Å². The molecule has 0 aliphatic rings. The summed E-state index contributed by atoms with van der Waals surface area (Å²) in [5.41, 5.74) is 1.35. The number of rotatable bonds is 4. The van der Waals surface area contributed by atoms with Crippen LogP contribution in [0.1, 0.15) is 16.1 Å². The summed E-state index contributed by atoms with van der Waals surface area (Å²) in [5.74, 6) is -0.685. The van der Waals surface area contributed by atoms with Crippen molar-refractivity contribution in [2.75, 3.05) is 5.32 Å². The molecule has 0 atom stereocenters. The number of halogens is 2. The minimum atomic E-state index is -0.561. The van der Waals surface area contributed by atoms with E-state index < -0.39 is 11.8 Å². The Morgan fingerprint density at radius 3 is 2.68 bits per heavy atom. The Hall–Kier alpha value is -3.16. The van der Waals surface area contributed by atoms with E-state index in [1.54, 1.807) is 59.3 Å². The van der Waals surface area contributed by atoms with Crippen LogP contribution in [-0.2, 0) is 6.54 Å². The highest BCUT2D eigenvalue weighted by molar-refractivity contribution is 6.30. The molecule has 0 fully saturated rings. The van der Waals surface area contributed by atoms with Gasteiger partial charge in [-0.15, -0.1) is 0 Å². The smallest absolute Gasteiger partial charge is 0.300 e. The fourth-order valence-corrected chi connectivity index (χ4v) is 3.07. The molecular formula is C19H13Cl2N5O2. The largest absolute Gasteiger partial charge is 0.839 e. The number of pyridine rings is 3. The van der Waals surface area contributed by atoms with Crippen molar-refractivity contribution in [2.24, 2.45) is 0 Å². The highest BCUT2D eigenvalue weighted by Crippen LogP contribution is 2.18. The van der Waals surface area contributed by atoms with Crippen molar-refractivity contribution in [3.05, 3.63) is 82.5 Å². The minimum absolute atomic E-state index is 0.0192. The van der Waals surface area contributed by atoms with Crippen LogP contribution in [-0.4, -0.2) is 20.3 Å². The third-order valence-corrected chi connectivity index (χ3v) is 4.56. The number of anilines is 1. The zero-order valence-corrected chi connectivity index (χ0v) is 15.9. The Bertz CT molecular complexity index is 1160. The number of aromatic nitrogens is 4. The van der Waals surface area contributed by atoms with Crippen LogP contribution in [0.25, 0.3) is 5.65 Å². The first kappa shape index (κ1) is 18.2. The summed E-state index contributed by atoms with van der Waals surface area (Å²) in [4.78, 5) is 20.9. The first-order valence-corrected chi connectivity index (χ1v) is 9.02. The third kappa shape index (κ3) is 3.49. The van der Waals surface area contributed by atoms with E-state index in [1.807, 2.05) is 0 Å². The Morgan fingerprint density at radius 2 is 1.96 bits per heavy atom. The number of carbonyl (C=O) groups is 1. The number of imidazole rings is 1. The molecule has 0 spiro atoms. The van der Waals surface area contributed by atoms with E-state index in [2.05, 4.69) is 15.3 Å². The zero-order valence-electron chi connectivity index (χ0n) is 14.3. The molecule has 1 N–H and O–H groups in total. The lowest BCUT2D eigenvalue weighted by molar-refractivity contribution is -0.704. The first-order chi connectivity index (χ1) is 13.5. The second-order valence-corrected chi connectivity index (χ2v) is 6.80. The normalized spacial score (nSPS) is 10.9. The molecule has 4 rings (SSSR count). The maximum atomic E-state index is 13.0.